The number of esters is 1. The number of rotatable bonds is 13. The lowest BCUT2D eigenvalue weighted by Crippen LogP contribution is -2.70. The van der Waals surface area contributed by atoms with Crippen molar-refractivity contribution in [2.24, 2.45) is 5.16 Å². The van der Waals surface area contributed by atoms with Crippen molar-refractivity contribution in [1.82, 2.24) is 24.8 Å². The van der Waals surface area contributed by atoms with Gasteiger partial charge in [-0.2, -0.15) is 0 Å². The van der Waals surface area contributed by atoms with Gasteiger partial charge in [-0.25, -0.2) is 14.6 Å². The monoisotopic (exact) mass is 835 g/mol. The van der Waals surface area contributed by atoms with Crippen molar-refractivity contribution in [3.05, 3.63) is 135 Å². The maximum Gasteiger partial charge on any atom is 0.509 e. The van der Waals surface area contributed by atoms with Gasteiger partial charge < -0.3 is 30.1 Å². The van der Waals surface area contributed by atoms with E-state index in [0.717, 1.165) is 22.9 Å². The zero-order valence-electron chi connectivity index (χ0n) is 30.5. The number of nitrogen functional groups attached to an aromatic ring is 1. The molecule has 2 amide bonds. The summed E-state index contributed by atoms with van der Waals surface area (Å²) in [5, 5.41) is 14.4. The number of nitrogens with two attached hydrogens (primary N) is 1. The molecule has 0 spiro atoms. The van der Waals surface area contributed by atoms with Crippen LogP contribution >= 0.6 is 34.6 Å². The third-order valence-corrected chi connectivity index (χ3v) is 12.1. The molecule has 0 aliphatic carbocycles. The summed E-state index contributed by atoms with van der Waals surface area (Å²) in [5.74, 6) is -1.73. The molecule has 5 aromatic rings. The minimum absolute atomic E-state index is 0.00428. The molecule has 3 aliphatic heterocycles. The van der Waals surface area contributed by atoms with Crippen LogP contribution in [0.5, 0.6) is 0 Å². The predicted octanol–water partition coefficient (Wildman–Crippen LogP) is 5.37. The predicted molar refractivity (Wildman–Crippen MR) is 217 cm³/mol. The van der Waals surface area contributed by atoms with Crippen molar-refractivity contribution >= 4 is 76.0 Å². The second kappa shape index (κ2) is 16.6. The van der Waals surface area contributed by atoms with Crippen molar-refractivity contribution in [1.29, 1.82) is 0 Å². The normalized spacial score (nSPS) is 20.4. The van der Waals surface area contributed by atoms with Crippen molar-refractivity contribution in [2.45, 2.75) is 36.1 Å². The number of oxime groups is 1. The largest absolute Gasteiger partial charge is 0.509 e. The summed E-state index contributed by atoms with van der Waals surface area (Å²) in [4.78, 5) is 64.9. The maximum absolute atomic E-state index is 13.8. The van der Waals surface area contributed by atoms with Crippen LogP contribution in [0.25, 0.3) is 17.3 Å². The molecule has 4 atom stereocenters. The first-order chi connectivity index (χ1) is 28.2. The van der Waals surface area contributed by atoms with Gasteiger partial charge in [-0.05, 0) is 30.1 Å². The molecule has 2 saturated heterocycles. The average Bonchev–Trinajstić information content (AvgIpc) is 4.01. The fourth-order valence-electron chi connectivity index (χ4n) is 6.81. The molecular weight excluding hydrogens is 803 g/mol. The number of aromatic nitrogens is 3. The van der Waals surface area contributed by atoms with Crippen LogP contribution in [0, 0.1) is 0 Å². The summed E-state index contributed by atoms with van der Waals surface area (Å²) in [5.41, 5.74) is 9.33. The molecule has 18 heteroatoms. The molecule has 8 rings (SSSR count). The maximum atomic E-state index is 13.8. The smallest absolute Gasteiger partial charge is 0.457 e. The molecular formula is C40H33N7O8S3. The van der Waals surface area contributed by atoms with Gasteiger partial charge in [-0.3, -0.25) is 14.5 Å². The Kier molecular flexibility index (Phi) is 11.0. The highest BCUT2D eigenvalue weighted by molar-refractivity contribution is 8.00. The third-order valence-electron chi connectivity index (χ3n) is 9.58. The van der Waals surface area contributed by atoms with Crippen molar-refractivity contribution in [3.63, 3.8) is 0 Å². The highest BCUT2D eigenvalue weighted by Gasteiger charge is 2.54. The highest BCUT2D eigenvalue weighted by Crippen LogP contribution is 2.45. The second-order valence-electron chi connectivity index (χ2n) is 13.1. The standard InChI is InChI=1S/C40H33N7O8S3/c1-23-31(54-39(51)53-23)19-52-37(50)34-24(16-17-27-21-58-46-45-27)20-56-36-33(35(49)47(34)36)44-32(48)18-42-55-40(25-10-4-2-5-11-25,26-12-6-3-7-13-26)29-15-9-8-14-28(29)30-22-57-38(41)43-30/h2-18,21-23,31,33,36H,19-20H2,1H3,(H2,41,43)(H,44,48)/b17-16-,42-18-. The first-order valence-corrected chi connectivity index (χ1v) is 20.6. The van der Waals surface area contributed by atoms with E-state index in [0.29, 0.717) is 33.4 Å². The summed E-state index contributed by atoms with van der Waals surface area (Å²) in [6.07, 6.45) is 2.04. The van der Waals surface area contributed by atoms with E-state index in [-0.39, 0.29) is 12.3 Å². The van der Waals surface area contributed by atoms with Crippen LogP contribution in [-0.2, 0) is 39.0 Å². The lowest BCUT2D eigenvalue weighted by atomic mass is 9.78. The Morgan fingerprint density at radius 2 is 1.72 bits per heavy atom. The van der Waals surface area contributed by atoms with Gasteiger partial charge in [0.05, 0.1) is 11.4 Å². The van der Waals surface area contributed by atoms with E-state index in [2.05, 4.69) is 25.0 Å². The van der Waals surface area contributed by atoms with Gasteiger partial charge in [0.1, 0.15) is 36.0 Å². The number of β-lactam (4-membered cyclic amide) rings is 1. The number of hydrogen-bond donors (Lipinski definition) is 2. The fourth-order valence-corrected chi connectivity index (χ4v) is 9.11. The van der Waals surface area contributed by atoms with E-state index in [1.165, 1.54) is 39.5 Å². The number of nitrogens with one attached hydrogen (secondary N) is 1. The number of fused-ring (bicyclic) bond motifs is 1. The van der Waals surface area contributed by atoms with E-state index >= 15 is 0 Å². The Bertz CT molecular complexity index is 2380. The zero-order chi connectivity index (χ0) is 40.2. The number of cyclic esters (lactones) is 2. The number of benzene rings is 3. The highest BCUT2D eigenvalue weighted by atomic mass is 32.2. The van der Waals surface area contributed by atoms with Gasteiger partial charge in [-0.1, -0.05) is 101 Å². The first-order valence-electron chi connectivity index (χ1n) is 17.8. The summed E-state index contributed by atoms with van der Waals surface area (Å²) in [6, 6.07) is 25.6. The summed E-state index contributed by atoms with van der Waals surface area (Å²) >= 11 is 3.85. The van der Waals surface area contributed by atoms with Crippen LogP contribution in [0.15, 0.2) is 118 Å². The van der Waals surface area contributed by atoms with Crippen LogP contribution in [0.3, 0.4) is 0 Å². The minimum atomic E-state index is -1.37. The van der Waals surface area contributed by atoms with Gasteiger partial charge >= 0.3 is 12.1 Å². The van der Waals surface area contributed by atoms with E-state index in [4.69, 9.17) is 24.8 Å². The number of carbonyl (C=O) groups is 4. The van der Waals surface area contributed by atoms with Crippen LogP contribution in [0.2, 0.25) is 0 Å². The number of amides is 2. The topological polar surface area (TPSA) is 198 Å². The van der Waals surface area contributed by atoms with Crippen molar-refractivity contribution in [2.75, 3.05) is 18.1 Å². The van der Waals surface area contributed by atoms with E-state index < -0.39 is 53.2 Å². The molecule has 3 aliphatic rings. The minimum Gasteiger partial charge on any atom is -0.457 e. The van der Waals surface area contributed by atoms with Crippen LogP contribution in [0.4, 0.5) is 9.93 Å². The number of allylic oxidation sites excluding steroid dienone is 1. The number of ether oxygens (including phenoxy) is 3. The molecule has 3 aromatic carbocycles. The van der Waals surface area contributed by atoms with E-state index in [9.17, 15) is 19.2 Å². The zero-order valence-corrected chi connectivity index (χ0v) is 32.9. The number of hydrogen-bond acceptors (Lipinski definition) is 16. The Hall–Kier alpha value is -6.37. The molecule has 15 nitrogen and oxygen atoms in total. The van der Waals surface area contributed by atoms with Gasteiger partial charge in [0.2, 0.25) is 5.60 Å². The Balaban J connectivity index is 1.05. The van der Waals surface area contributed by atoms with Gasteiger partial charge in [-0.15, -0.1) is 28.2 Å². The van der Waals surface area contributed by atoms with E-state index in [1.807, 2.05) is 90.3 Å². The quantitative estimate of drug-likeness (QED) is 0.0505. The lowest BCUT2D eigenvalue weighted by molar-refractivity contribution is -0.153. The van der Waals surface area contributed by atoms with Gasteiger partial charge in [0.25, 0.3) is 11.8 Å². The summed E-state index contributed by atoms with van der Waals surface area (Å²) in [7, 11) is 0. The second-order valence-corrected chi connectivity index (χ2v) is 15.7. The van der Waals surface area contributed by atoms with Crippen molar-refractivity contribution in [3.8, 4) is 11.3 Å². The molecule has 2 aromatic heterocycles. The number of thioether (sulfide) groups is 1. The fraction of sp³-hybridized carbons (Fsp3) is 0.200. The molecule has 0 radical (unpaired) electrons. The molecule has 0 saturated carbocycles. The Morgan fingerprint density at radius 1 is 1.00 bits per heavy atom. The number of thiazole rings is 1. The molecule has 3 N–H and O–H groups in total. The van der Waals surface area contributed by atoms with Crippen LogP contribution < -0.4 is 11.1 Å². The number of carbonyl (C=O) groups excluding carboxylic acids is 4. The SMILES string of the molecule is CC1OC(=O)OC1COC(=O)C1=C(/C=C\c2csnn2)CSC2C(NC(=O)/C=N\OC(c3ccccc3)(c3ccccc3)c3ccccc3-c3csc(N)n3)C(=O)N12. The molecule has 58 heavy (non-hydrogen) atoms. The van der Waals surface area contributed by atoms with Crippen LogP contribution in [0.1, 0.15) is 29.3 Å². The summed E-state index contributed by atoms with van der Waals surface area (Å²) < 4.78 is 19.5. The van der Waals surface area contributed by atoms with Crippen LogP contribution in [-0.4, -0.2) is 85.6 Å². The summed E-state index contributed by atoms with van der Waals surface area (Å²) in [6.45, 7) is 1.34. The molecule has 294 valence electrons. The third kappa shape index (κ3) is 7.56. The van der Waals surface area contributed by atoms with Gasteiger partial charge in [0, 0.05) is 38.8 Å². The first kappa shape index (κ1) is 38.5. The Morgan fingerprint density at radius 3 is 2.38 bits per heavy atom. The molecule has 2 fully saturated rings. The molecule has 0 bridgehead atoms. The van der Waals surface area contributed by atoms with Gasteiger partial charge in [0.15, 0.2) is 11.2 Å². The number of anilines is 1. The molecule has 4 unspecified atom stereocenters. The number of nitrogens with zero attached hydrogens (tertiary/aromatic N) is 5. The van der Waals surface area contributed by atoms with E-state index in [1.54, 1.807) is 24.5 Å². The average molecular weight is 836 g/mol. The Labute approximate surface area is 343 Å². The van der Waals surface area contributed by atoms with Crippen molar-refractivity contribution < 1.29 is 38.2 Å². The molecule has 5 heterocycles. The lowest BCUT2D eigenvalue weighted by Gasteiger charge is -2.49.